The summed E-state index contributed by atoms with van der Waals surface area (Å²) in [5, 5.41) is 8.17. The monoisotopic (exact) mass is 341 g/mol. The molecule has 0 spiro atoms. The summed E-state index contributed by atoms with van der Waals surface area (Å²) < 4.78 is 21.8. The van der Waals surface area contributed by atoms with Crippen molar-refractivity contribution in [3.63, 3.8) is 0 Å². The first kappa shape index (κ1) is 15.7. The van der Waals surface area contributed by atoms with Crippen LogP contribution in [0.3, 0.4) is 0 Å². The molecule has 0 atom stereocenters. The third kappa shape index (κ3) is 3.10. The van der Waals surface area contributed by atoms with Gasteiger partial charge in [0.05, 0.1) is 27.0 Å². The van der Waals surface area contributed by atoms with E-state index in [1.54, 1.807) is 32.6 Å². The molecule has 3 aromatic rings. The Morgan fingerprint density at radius 1 is 1.12 bits per heavy atom. The van der Waals surface area contributed by atoms with Crippen molar-refractivity contribution < 1.29 is 18.3 Å². The van der Waals surface area contributed by atoms with Crippen molar-refractivity contribution in [3.8, 4) is 23.1 Å². The number of furan rings is 1. The van der Waals surface area contributed by atoms with E-state index in [1.165, 1.54) is 11.1 Å². The molecule has 0 amide bonds. The number of ether oxygens (including phenoxy) is 2. The second-order valence-corrected chi connectivity index (χ2v) is 5.91. The second-order valence-electron chi connectivity index (χ2n) is 5.91. The van der Waals surface area contributed by atoms with E-state index in [2.05, 4.69) is 21.2 Å². The summed E-state index contributed by atoms with van der Waals surface area (Å²) in [6, 6.07) is 7.70. The fraction of sp³-hybridized carbons (Fsp3) is 0.333. The first-order chi connectivity index (χ1) is 12.3. The smallest absolute Gasteiger partial charge is 0.283 e. The standard InChI is InChI=1S/C18H19N3O4/c1-22-15-8-12-5-6-21(10-13(12)9-16(15)23-2)11-17-19-20-18(25-17)14-4-3-7-24-14/h3-4,7-9H,5-6,10-11H2,1-2H3. The summed E-state index contributed by atoms with van der Waals surface area (Å²) in [7, 11) is 3.31. The molecule has 1 aromatic carbocycles. The number of fused-ring (bicyclic) bond motifs is 1. The van der Waals surface area contributed by atoms with Gasteiger partial charge in [-0.1, -0.05) is 0 Å². The SMILES string of the molecule is COc1cc2c(cc1OC)CN(Cc1nnc(-c3ccco3)o1)CC2. The molecular formula is C18H19N3O4. The Hall–Kier alpha value is -2.80. The third-order valence-corrected chi connectivity index (χ3v) is 4.35. The van der Waals surface area contributed by atoms with Crippen LogP contribution >= 0.6 is 0 Å². The van der Waals surface area contributed by atoms with Crippen LogP contribution in [0.2, 0.25) is 0 Å². The molecule has 4 rings (SSSR count). The van der Waals surface area contributed by atoms with E-state index in [9.17, 15) is 0 Å². The molecule has 3 heterocycles. The largest absolute Gasteiger partial charge is 0.493 e. The number of nitrogens with zero attached hydrogens (tertiary/aromatic N) is 3. The lowest BCUT2D eigenvalue weighted by atomic mass is 9.99. The number of benzene rings is 1. The summed E-state index contributed by atoms with van der Waals surface area (Å²) in [5.74, 6) is 3.09. The van der Waals surface area contributed by atoms with Gasteiger partial charge < -0.3 is 18.3 Å². The van der Waals surface area contributed by atoms with Gasteiger partial charge in [-0.25, -0.2) is 0 Å². The molecule has 0 fully saturated rings. The van der Waals surface area contributed by atoms with Crippen LogP contribution in [-0.4, -0.2) is 35.9 Å². The topological polar surface area (TPSA) is 73.8 Å². The van der Waals surface area contributed by atoms with E-state index in [4.69, 9.17) is 18.3 Å². The van der Waals surface area contributed by atoms with Crippen LogP contribution in [0.4, 0.5) is 0 Å². The number of hydrogen-bond donors (Lipinski definition) is 0. The maximum absolute atomic E-state index is 5.70. The Morgan fingerprint density at radius 2 is 1.92 bits per heavy atom. The van der Waals surface area contributed by atoms with Crippen molar-refractivity contribution in [2.24, 2.45) is 0 Å². The first-order valence-corrected chi connectivity index (χ1v) is 8.09. The van der Waals surface area contributed by atoms with E-state index in [-0.39, 0.29) is 0 Å². The van der Waals surface area contributed by atoms with Gasteiger partial charge in [-0.2, -0.15) is 0 Å². The van der Waals surface area contributed by atoms with E-state index < -0.39 is 0 Å². The van der Waals surface area contributed by atoms with E-state index in [0.29, 0.717) is 24.1 Å². The summed E-state index contributed by atoms with van der Waals surface area (Å²) in [6.45, 7) is 2.32. The highest BCUT2D eigenvalue weighted by molar-refractivity contribution is 5.48. The van der Waals surface area contributed by atoms with Crippen LogP contribution in [0.5, 0.6) is 11.5 Å². The Labute approximate surface area is 145 Å². The van der Waals surface area contributed by atoms with Crippen molar-refractivity contribution in [3.05, 3.63) is 47.5 Å². The van der Waals surface area contributed by atoms with Crippen LogP contribution in [0.1, 0.15) is 17.0 Å². The maximum Gasteiger partial charge on any atom is 0.283 e. The van der Waals surface area contributed by atoms with Crippen molar-refractivity contribution in [1.29, 1.82) is 0 Å². The molecule has 25 heavy (non-hydrogen) atoms. The van der Waals surface area contributed by atoms with Crippen molar-refractivity contribution >= 4 is 0 Å². The lowest BCUT2D eigenvalue weighted by molar-refractivity contribution is 0.220. The molecule has 7 nitrogen and oxygen atoms in total. The average molecular weight is 341 g/mol. The number of hydrogen-bond acceptors (Lipinski definition) is 7. The van der Waals surface area contributed by atoms with Crippen LogP contribution < -0.4 is 9.47 Å². The van der Waals surface area contributed by atoms with Crippen molar-refractivity contribution in [1.82, 2.24) is 15.1 Å². The van der Waals surface area contributed by atoms with Gasteiger partial charge in [-0.15, -0.1) is 10.2 Å². The highest BCUT2D eigenvalue weighted by Gasteiger charge is 2.21. The molecule has 0 unspecified atom stereocenters. The van der Waals surface area contributed by atoms with E-state index in [0.717, 1.165) is 31.0 Å². The molecule has 0 aliphatic carbocycles. The summed E-state index contributed by atoms with van der Waals surface area (Å²) in [6.07, 6.45) is 2.53. The molecule has 1 aliphatic heterocycles. The summed E-state index contributed by atoms with van der Waals surface area (Å²) >= 11 is 0. The van der Waals surface area contributed by atoms with Crippen LogP contribution in [0, 0.1) is 0 Å². The minimum absolute atomic E-state index is 0.406. The minimum atomic E-state index is 0.406. The fourth-order valence-electron chi connectivity index (χ4n) is 3.09. The molecule has 130 valence electrons. The van der Waals surface area contributed by atoms with Crippen molar-refractivity contribution in [2.45, 2.75) is 19.5 Å². The Morgan fingerprint density at radius 3 is 2.64 bits per heavy atom. The number of aromatic nitrogens is 2. The van der Waals surface area contributed by atoms with Gasteiger partial charge in [0, 0.05) is 13.1 Å². The predicted octanol–water partition coefficient (Wildman–Crippen LogP) is 2.91. The molecule has 0 radical (unpaired) electrons. The van der Waals surface area contributed by atoms with Gasteiger partial charge in [0.2, 0.25) is 5.89 Å². The molecule has 0 saturated heterocycles. The lowest BCUT2D eigenvalue weighted by Gasteiger charge is -2.28. The van der Waals surface area contributed by atoms with Gasteiger partial charge in [0.15, 0.2) is 17.3 Å². The summed E-state index contributed by atoms with van der Waals surface area (Å²) in [4.78, 5) is 2.27. The van der Waals surface area contributed by atoms with Crippen LogP contribution in [0.25, 0.3) is 11.7 Å². The Balaban J connectivity index is 1.49. The number of rotatable bonds is 5. The fourth-order valence-corrected chi connectivity index (χ4v) is 3.09. The van der Waals surface area contributed by atoms with Crippen LogP contribution in [-0.2, 0) is 19.5 Å². The van der Waals surface area contributed by atoms with Crippen LogP contribution in [0.15, 0.2) is 39.4 Å². The third-order valence-electron chi connectivity index (χ3n) is 4.35. The van der Waals surface area contributed by atoms with Gasteiger partial charge in [0.1, 0.15) is 0 Å². The van der Waals surface area contributed by atoms with Gasteiger partial charge in [0.25, 0.3) is 5.89 Å². The molecule has 7 heteroatoms. The first-order valence-electron chi connectivity index (χ1n) is 8.09. The highest BCUT2D eigenvalue weighted by Crippen LogP contribution is 2.33. The molecule has 1 aliphatic rings. The van der Waals surface area contributed by atoms with Gasteiger partial charge in [-0.3, -0.25) is 4.90 Å². The lowest BCUT2D eigenvalue weighted by Crippen LogP contribution is -2.30. The van der Waals surface area contributed by atoms with Crippen molar-refractivity contribution in [2.75, 3.05) is 20.8 Å². The van der Waals surface area contributed by atoms with Gasteiger partial charge >= 0.3 is 0 Å². The normalized spacial score (nSPS) is 14.3. The summed E-state index contributed by atoms with van der Waals surface area (Å²) in [5.41, 5.74) is 2.52. The number of methoxy groups -OCH3 is 2. The average Bonchev–Trinajstić information content (AvgIpc) is 3.32. The molecule has 0 bridgehead atoms. The Kier molecular flexibility index (Phi) is 4.15. The zero-order valence-corrected chi connectivity index (χ0v) is 14.2. The minimum Gasteiger partial charge on any atom is -0.493 e. The second kappa shape index (κ2) is 6.60. The Bertz CT molecular complexity index is 857. The molecule has 2 aromatic heterocycles. The highest BCUT2D eigenvalue weighted by atomic mass is 16.5. The predicted molar refractivity (Wildman–Crippen MR) is 89.4 cm³/mol. The maximum atomic E-state index is 5.70. The zero-order chi connectivity index (χ0) is 17.2. The molecule has 0 saturated carbocycles. The van der Waals surface area contributed by atoms with Gasteiger partial charge in [-0.05, 0) is 41.8 Å². The van der Waals surface area contributed by atoms with E-state index in [1.807, 2.05) is 6.07 Å². The molecule has 0 N–H and O–H groups in total. The molecular weight excluding hydrogens is 322 g/mol. The zero-order valence-electron chi connectivity index (χ0n) is 14.2. The van der Waals surface area contributed by atoms with E-state index >= 15 is 0 Å². The quantitative estimate of drug-likeness (QED) is 0.706.